The molecule has 0 radical (unpaired) electrons. The van der Waals surface area contributed by atoms with Crippen LogP contribution in [0.1, 0.15) is 84.3 Å². The molecule has 7 nitrogen and oxygen atoms in total. The van der Waals surface area contributed by atoms with Crippen LogP contribution >= 0.6 is 11.6 Å². The number of hydrogen-bond donors (Lipinski definition) is 1. The fourth-order valence-corrected chi connectivity index (χ4v) is 6.92. The molecule has 38 heavy (non-hydrogen) atoms. The lowest BCUT2D eigenvalue weighted by molar-refractivity contribution is -0.123. The number of pyridine rings is 1. The minimum Gasteiger partial charge on any atom is -0.448 e. The number of aryl methyl sites for hydroxylation is 2. The first-order valence-corrected chi connectivity index (χ1v) is 14.3. The van der Waals surface area contributed by atoms with Gasteiger partial charge in [-0.3, -0.25) is 9.59 Å². The number of aromatic amines is 1. The third-order valence-electron chi connectivity index (χ3n) is 8.83. The number of fused-ring (bicyclic) bond motifs is 2. The van der Waals surface area contributed by atoms with Crippen LogP contribution in [0.3, 0.4) is 0 Å². The zero-order valence-corrected chi connectivity index (χ0v) is 24.3. The monoisotopic (exact) mass is 541 g/mol. The van der Waals surface area contributed by atoms with E-state index in [2.05, 4.69) is 30.9 Å². The summed E-state index contributed by atoms with van der Waals surface area (Å²) in [7, 11) is 4.28. The maximum Gasteiger partial charge on any atom is 0.254 e. The average Bonchev–Trinajstić information content (AvgIpc) is 3.25. The van der Waals surface area contributed by atoms with Gasteiger partial charge in [0.2, 0.25) is 0 Å². The number of aromatic nitrogens is 1. The molecule has 5 rings (SSSR count). The molecular weight excluding hydrogens is 502 g/mol. The fraction of sp³-hybridized carbons (Fsp3) is 0.600. The van der Waals surface area contributed by atoms with Crippen molar-refractivity contribution in [1.82, 2.24) is 14.8 Å². The first-order valence-electron chi connectivity index (χ1n) is 13.9. The van der Waals surface area contributed by atoms with Crippen LogP contribution in [-0.4, -0.2) is 53.2 Å². The van der Waals surface area contributed by atoms with Crippen molar-refractivity contribution in [2.75, 3.05) is 20.6 Å². The third-order valence-corrected chi connectivity index (χ3v) is 9.23. The number of amides is 1. The van der Waals surface area contributed by atoms with E-state index in [0.717, 1.165) is 60.9 Å². The molecule has 1 aliphatic carbocycles. The van der Waals surface area contributed by atoms with E-state index in [4.69, 9.17) is 21.1 Å². The summed E-state index contributed by atoms with van der Waals surface area (Å²) in [5.74, 6) is 0.489. The van der Waals surface area contributed by atoms with Gasteiger partial charge < -0.3 is 24.3 Å². The minimum atomic E-state index is -0.801. The molecule has 1 saturated carbocycles. The number of carbonyl (C=O) groups excluding carboxylic acids is 1. The number of carbonyl (C=O) groups is 1. The Bertz CT molecular complexity index is 1310. The highest BCUT2D eigenvalue weighted by Crippen LogP contribution is 2.53. The number of nitrogens with zero attached hydrogens (tertiary/aromatic N) is 2. The van der Waals surface area contributed by atoms with Crippen molar-refractivity contribution in [3.05, 3.63) is 55.0 Å². The zero-order valence-electron chi connectivity index (χ0n) is 23.5. The number of rotatable bonds is 6. The van der Waals surface area contributed by atoms with Gasteiger partial charge in [-0.1, -0.05) is 24.9 Å². The van der Waals surface area contributed by atoms with Gasteiger partial charge in [0.25, 0.3) is 17.3 Å². The maximum absolute atomic E-state index is 13.9. The summed E-state index contributed by atoms with van der Waals surface area (Å²) in [6, 6.07) is 2.61. The van der Waals surface area contributed by atoms with Gasteiger partial charge >= 0.3 is 0 Å². The first kappa shape index (κ1) is 27.1. The molecule has 0 bridgehead atoms. The number of nitrogens with one attached hydrogen (secondary N) is 1. The van der Waals surface area contributed by atoms with Gasteiger partial charge in [-0.15, -0.1) is 0 Å². The Kier molecular flexibility index (Phi) is 7.29. The predicted molar refractivity (Wildman–Crippen MR) is 150 cm³/mol. The van der Waals surface area contributed by atoms with Crippen LogP contribution in [0.2, 0.25) is 5.02 Å². The summed E-state index contributed by atoms with van der Waals surface area (Å²) in [6.45, 7) is 8.70. The zero-order chi connectivity index (χ0) is 27.4. The molecule has 1 unspecified atom stereocenters. The topological polar surface area (TPSA) is 74.9 Å². The van der Waals surface area contributed by atoms with E-state index in [0.29, 0.717) is 46.7 Å². The Labute approximate surface area is 230 Å². The van der Waals surface area contributed by atoms with E-state index in [9.17, 15) is 9.59 Å². The summed E-state index contributed by atoms with van der Waals surface area (Å²) in [5, 5.41) is 0.485. The Morgan fingerprint density at radius 1 is 1.13 bits per heavy atom. The Morgan fingerprint density at radius 3 is 2.47 bits per heavy atom. The quantitative estimate of drug-likeness (QED) is 0.529. The highest BCUT2D eigenvalue weighted by molar-refractivity contribution is 6.34. The Hall–Kier alpha value is -2.51. The second-order valence-corrected chi connectivity index (χ2v) is 12.0. The van der Waals surface area contributed by atoms with Gasteiger partial charge in [-0.2, -0.15) is 0 Å². The minimum absolute atomic E-state index is 0.112. The number of halogens is 1. The summed E-state index contributed by atoms with van der Waals surface area (Å²) < 4.78 is 13.0. The van der Waals surface area contributed by atoms with Crippen molar-refractivity contribution in [3.8, 4) is 11.5 Å². The molecule has 2 aromatic rings. The summed E-state index contributed by atoms with van der Waals surface area (Å²) >= 11 is 6.92. The maximum atomic E-state index is 13.9. The molecule has 1 N–H and O–H groups in total. The molecule has 0 spiro atoms. The molecule has 1 amide bonds. The van der Waals surface area contributed by atoms with Crippen molar-refractivity contribution in [3.63, 3.8) is 0 Å². The molecular formula is C30H40ClN3O4. The highest BCUT2D eigenvalue weighted by Gasteiger charge is 2.48. The molecule has 3 heterocycles. The number of ether oxygens (including phenoxy) is 2. The number of hydrogen-bond acceptors (Lipinski definition) is 5. The van der Waals surface area contributed by atoms with Crippen molar-refractivity contribution >= 4 is 17.5 Å². The Balaban J connectivity index is 1.43. The second kappa shape index (κ2) is 10.2. The summed E-state index contributed by atoms with van der Waals surface area (Å²) in [4.78, 5) is 33.7. The van der Waals surface area contributed by atoms with E-state index in [1.54, 1.807) is 4.90 Å². The van der Waals surface area contributed by atoms with Gasteiger partial charge in [0.15, 0.2) is 11.5 Å². The largest absolute Gasteiger partial charge is 0.448 e. The van der Waals surface area contributed by atoms with Crippen LogP contribution in [0, 0.1) is 19.8 Å². The number of benzene rings is 1. The fourth-order valence-electron chi connectivity index (χ4n) is 6.60. The lowest BCUT2D eigenvalue weighted by Gasteiger charge is -2.39. The van der Waals surface area contributed by atoms with Crippen molar-refractivity contribution < 1.29 is 14.3 Å². The predicted octanol–water partition coefficient (Wildman–Crippen LogP) is 5.40. The van der Waals surface area contributed by atoms with Crippen LogP contribution < -0.4 is 15.0 Å². The lowest BCUT2D eigenvalue weighted by Crippen LogP contribution is -2.46. The average molecular weight is 542 g/mol. The molecule has 1 fully saturated rings. The molecule has 8 heteroatoms. The summed E-state index contributed by atoms with van der Waals surface area (Å²) in [5.41, 5.74) is 4.57. The van der Waals surface area contributed by atoms with Gasteiger partial charge in [0.05, 0.1) is 17.1 Å². The van der Waals surface area contributed by atoms with E-state index in [1.165, 1.54) is 0 Å². The van der Waals surface area contributed by atoms with Crippen LogP contribution in [0.4, 0.5) is 0 Å². The molecule has 1 aromatic heterocycles. The third kappa shape index (κ3) is 4.62. The summed E-state index contributed by atoms with van der Waals surface area (Å²) in [6.07, 6.45) is 6.58. The van der Waals surface area contributed by atoms with Crippen molar-refractivity contribution in [2.24, 2.45) is 5.92 Å². The SMILES string of the molecule is CCCc1cc(C)[nH]c(=O)c1CN1CCc2c(Cl)c3c(c(C)c2C1=O)OC(C)([C@H]1CC[C@H](N(C)C)CC1)O3. The molecule has 1 atom stereocenters. The Morgan fingerprint density at radius 2 is 1.82 bits per heavy atom. The smallest absolute Gasteiger partial charge is 0.254 e. The van der Waals surface area contributed by atoms with E-state index >= 15 is 0 Å². The van der Waals surface area contributed by atoms with E-state index in [-0.39, 0.29) is 23.9 Å². The first-order chi connectivity index (χ1) is 18.0. The van der Waals surface area contributed by atoms with Gasteiger partial charge in [-0.25, -0.2) is 0 Å². The lowest BCUT2D eigenvalue weighted by atomic mass is 9.81. The van der Waals surface area contributed by atoms with Crippen LogP contribution in [0.5, 0.6) is 11.5 Å². The molecule has 206 valence electrons. The molecule has 0 saturated heterocycles. The van der Waals surface area contributed by atoms with Gasteiger partial charge in [-0.05, 0) is 83.7 Å². The van der Waals surface area contributed by atoms with Crippen LogP contribution in [0.15, 0.2) is 10.9 Å². The van der Waals surface area contributed by atoms with Crippen molar-refractivity contribution in [1.29, 1.82) is 0 Å². The number of H-pyrrole nitrogens is 1. The van der Waals surface area contributed by atoms with Gasteiger partial charge in [0, 0.05) is 42.2 Å². The highest BCUT2D eigenvalue weighted by atomic mass is 35.5. The van der Waals surface area contributed by atoms with E-state index < -0.39 is 5.79 Å². The molecule has 2 aliphatic heterocycles. The second-order valence-electron chi connectivity index (χ2n) is 11.7. The molecule has 3 aliphatic rings. The van der Waals surface area contributed by atoms with Gasteiger partial charge in [0.1, 0.15) is 0 Å². The standard InChI is InChI=1S/C30H40ClN3O4/c1-7-8-19-15-17(2)32-28(35)23(19)16-34-14-13-22-24(29(34)36)18(3)26-27(25(22)31)38-30(4,37-26)20-9-11-21(12-10-20)33(5)6/h15,20-21H,7-14,16H2,1-6H3,(H,32,35)/t20-,21-,30?. The van der Waals surface area contributed by atoms with Crippen LogP contribution in [-0.2, 0) is 19.4 Å². The van der Waals surface area contributed by atoms with Crippen LogP contribution in [0.25, 0.3) is 0 Å². The van der Waals surface area contributed by atoms with Crippen molar-refractivity contribution in [2.45, 2.75) is 91.0 Å². The van der Waals surface area contributed by atoms with E-state index in [1.807, 2.05) is 26.8 Å². The normalized spacial score (nSPS) is 24.7. The molecule has 1 aromatic carbocycles.